The average molecular weight is 236 g/mol. The summed E-state index contributed by atoms with van der Waals surface area (Å²) >= 11 is 6.01. The van der Waals surface area contributed by atoms with Crippen LogP contribution in [0.15, 0.2) is 24.5 Å². The van der Waals surface area contributed by atoms with Crippen molar-refractivity contribution >= 4 is 33.5 Å². The molecule has 16 heavy (non-hydrogen) atoms. The van der Waals surface area contributed by atoms with Crippen LogP contribution in [0, 0.1) is 5.82 Å². The molecule has 0 atom stereocenters. The number of nitrogens with zero attached hydrogens (tertiary/aromatic N) is 3. The first-order valence-corrected chi connectivity index (χ1v) is 5.10. The molecule has 0 spiro atoms. The number of rotatable bonds is 0. The Bertz CT molecular complexity index is 705. The highest BCUT2D eigenvalue weighted by molar-refractivity contribution is 6.34. The lowest BCUT2D eigenvalue weighted by Gasteiger charge is -1.97. The predicted molar refractivity (Wildman–Crippen MR) is 61.0 cm³/mol. The second kappa shape index (κ2) is 3.15. The Morgan fingerprint density at radius 2 is 2.12 bits per heavy atom. The van der Waals surface area contributed by atoms with E-state index in [1.54, 1.807) is 10.6 Å². The highest BCUT2D eigenvalue weighted by Gasteiger charge is 2.12. The molecule has 0 aliphatic carbocycles. The largest absolute Gasteiger partial charge is 0.340 e. The third kappa shape index (κ3) is 1.13. The van der Waals surface area contributed by atoms with Gasteiger partial charge in [-0.1, -0.05) is 11.6 Å². The summed E-state index contributed by atoms with van der Waals surface area (Å²) in [6.45, 7) is 0. The minimum Gasteiger partial charge on any atom is -0.340 e. The van der Waals surface area contributed by atoms with E-state index in [-0.39, 0.29) is 5.82 Å². The zero-order valence-electron chi connectivity index (χ0n) is 8.41. The molecule has 0 saturated carbocycles. The molecule has 0 radical (unpaired) electrons. The highest BCUT2D eigenvalue weighted by atomic mass is 35.5. The normalized spacial score (nSPS) is 11.4. The van der Waals surface area contributed by atoms with Gasteiger partial charge in [0.1, 0.15) is 23.2 Å². The Balaban J connectivity index is 2.64. The fraction of sp³-hybridized carbons (Fsp3) is 0.0909. The molecular formula is C11H7ClFN3. The van der Waals surface area contributed by atoms with Crippen LogP contribution in [0.3, 0.4) is 0 Å². The lowest BCUT2D eigenvalue weighted by atomic mass is 10.2. The van der Waals surface area contributed by atoms with Crippen molar-refractivity contribution in [3.05, 3.63) is 35.5 Å². The molecule has 3 rings (SSSR count). The molecule has 3 nitrogen and oxygen atoms in total. The lowest BCUT2D eigenvalue weighted by Crippen LogP contribution is -1.89. The van der Waals surface area contributed by atoms with Crippen LogP contribution in [0.5, 0.6) is 0 Å². The van der Waals surface area contributed by atoms with E-state index in [9.17, 15) is 4.39 Å². The second-order valence-corrected chi connectivity index (χ2v) is 3.94. The predicted octanol–water partition coefficient (Wildman–Crippen LogP) is 2.91. The fourth-order valence-electron chi connectivity index (χ4n) is 1.95. The van der Waals surface area contributed by atoms with Gasteiger partial charge in [0.2, 0.25) is 0 Å². The molecule has 0 amide bonds. The van der Waals surface area contributed by atoms with Gasteiger partial charge in [0.25, 0.3) is 0 Å². The maximum atomic E-state index is 13.2. The van der Waals surface area contributed by atoms with E-state index in [0.717, 1.165) is 21.9 Å². The summed E-state index contributed by atoms with van der Waals surface area (Å²) in [6.07, 6.45) is 1.41. The number of fused-ring (bicyclic) bond motifs is 3. The molecule has 1 aromatic carbocycles. The third-order valence-corrected chi connectivity index (χ3v) is 2.97. The van der Waals surface area contributed by atoms with Crippen LogP contribution in [0.25, 0.3) is 21.9 Å². The number of aromatic nitrogens is 3. The molecule has 5 heteroatoms. The third-order valence-electron chi connectivity index (χ3n) is 2.69. The summed E-state index contributed by atoms with van der Waals surface area (Å²) < 4.78 is 15.0. The summed E-state index contributed by atoms with van der Waals surface area (Å²) in [7, 11) is 1.82. The maximum absolute atomic E-state index is 13.2. The molecule has 3 aromatic rings. The summed E-state index contributed by atoms with van der Waals surface area (Å²) in [4.78, 5) is 8.11. The number of hydrogen-bond acceptors (Lipinski definition) is 2. The molecule has 80 valence electrons. The zero-order valence-corrected chi connectivity index (χ0v) is 9.16. The number of hydrogen-bond donors (Lipinski definition) is 0. The van der Waals surface area contributed by atoms with E-state index < -0.39 is 0 Å². The van der Waals surface area contributed by atoms with Crippen LogP contribution in [-0.2, 0) is 7.05 Å². The van der Waals surface area contributed by atoms with Crippen molar-refractivity contribution < 1.29 is 4.39 Å². The molecular weight excluding hydrogens is 229 g/mol. The van der Waals surface area contributed by atoms with Crippen molar-refractivity contribution in [2.75, 3.05) is 0 Å². The fourth-order valence-corrected chi connectivity index (χ4v) is 2.21. The Morgan fingerprint density at radius 1 is 1.31 bits per heavy atom. The van der Waals surface area contributed by atoms with Crippen LogP contribution in [0.2, 0.25) is 5.15 Å². The van der Waals surface area contributed by atoms with E-state index in [2.05, 4.69) is 9.97 Å². The van der Waals surface area contributed by atoms with Crippen molar-refractivity contribution in [1.82, 2.24) is 14.5 Å². The Morgan fingerprint density at radius 3 is 2.94 bits per heavy atom. The van der Waals surface area contributed by atoms with Gasteiger partial charge >= 0.3 is 0 Å². The first-order chi connectivity index (χ1) is 7.68. The van der Waals surface area contributed by atoms with Gasteiger partial charge in [-0.3, -0.25) is 0 Å². The zero-order chi connectivity index (χ0) is 11.3. The van der Waals surface area contributed by atoms with E-state index in [0.29, 0.717) is 5.15 Å². The van der Waals surface area contributed by atoms with E-state index in [4.69, 9.17) is 11.6 Å². The molecule has 2 heterocycles. The van der Waals surface area contributed by atoms with Crippen LogP contribution < -0.4 is 0 Å². The lowest BCUT2D eigenvalue weighted by molar-refractivity contribution is 0.629. The number of halogens is 2. The molecule has 0 unspecified atom stereocenters. The monoisotopic (exact) mass is 235 g/mol. The molecule has 0 bridgehead atoms. The van der Waals surface area contributed by atoms with Crippen molar-refractivity contribution in [2.45, 2.75) is 0 Å². The van der Waals surface area contributed by atoms with Crippen LogP contribution in [0.4, 0.5) is 4.39 Å². The molecule has 0 aliphatic heterocycles. The molecule has 0 fully saturated rings. The van der Waals surface area contributed by atoms with Gasteiger partial charge in [-0.2, -0.15) is 0 Å². The van der Waals surface area contributed by atoms with Crippen LogP contribution in [0.1, 0.15) is 0 Å². The smallest absolute Gasteiger partial charge is 0.156 e. The standard InChI is InChI=1S/C11H7ClFN3/c1-16-8-4-6(13)2-3-7(8)9-10(16)11(12)15-5-14-9/h2-5H,1H3. The number of aryl methyl sites for hydroxylation is 1. The molecule has 2 aromatic heterocycles. The second-order valence-electron chi connectivity index (χ2n) is 3.58. The Hall–Kier alpha value is -1.68. The van der Waals surface area contributed by atoms with Crippen LogP contribution >= 0.6 is 11.6 Å². The van der Waals surface area contributed by atoms with Gasteiger partial charge < -0.3 is 4.57 Å². The van der Waals surface area contributed by atoms with Gasteiger partial charge in [0.15, 0.2) is 5.15 Å². The Kier molecular flexibility index (Phi) is 1.88. The first kappa shape index (κ1) is 9.54. The van der Waals surface area contributed by atoms with E-state index in [1.165, 1.54) is 18.5 Å². The number of benzene rings is 1. The van der Waals surface area contributed by atoms with Gasteiger partial charge in [-0.05, 0) is 18.2 Å². The summed E-state index contributed by atoms with van der Waals surface area (Å²) in [5, 5.41) is 1.26. The average Bonchev–Trinajstić information content (AvgIpc) is 2.54. The quantitative estimate of drug-likeness (QED) is 0.561. The van der Waals surface area contributed by atoms with E-state index in [1.807, 2.05) is 7.05 Å². The van der Waals surface area contributed by atoms with Crippen molar-refractivity contribution in [3.8, 4) is 0 Å². The van der Waals surface area contributed by atoms with Crippen molar-refractivity contribution in [1.29, 1.82) is 0 Å². The minimum atomic E-state index is -0.275. The summed E-state index contributed by atoms with van der Waals surface area (Å²) in [5.41, 5.74) is 2.24. The Labute approximate surface area is 95.5 Å². The van der Waals surface area contributed by atoms with Gasteiger partial charge in [-0.15, -0.1) is 0 Å². The topological polar surface area (TPSA) is 30.7 Å². The first-order valence-electron chi connectivity index (χ1n) is 4.72. The van der Waals surface area contributed by atoms with Gasteiger partial charge in [-0.25, -0.2) is 14.4 Å². The highest BCUT2D eigenvalue weighted by Crippen LogP contribution is 2.29. The van der Waals surface area contributed by atoms with Gasteiger partial charge in [0.05, 0.1) is 5.52 Å². The summed E-state index contributed by atoms with van der Waals surface area (Å²) in [6, 6.07) is 4.58. The van der Waals surface area contributed by atoms with E-state index >= 15 is 0 Å². The molecule has 0 N–H and O–H groups in total. The van der Waals surface area contributed by atoms with Crippen LogP contribution in [-0.4, -0.2) is 14.5 Å². The minimum absolute atomic E-state index is 0.275. The summed E-state index contributed by atoms with van der Waals surface area (Å²) in [5.74, 6) is -0.275. The maximum Gasteiger partial charge on any atom is 0.156 e. The molecule has 0 saturated heterocycles. The molecule has 0 aliphatic rings. The van der Waals surface area contributed by atoms with Crippen molar-refractivity contribution in [2.24, 2.45) is 7.05 Å². The SMILES string of the molecule is Cn1c2cc(F)ccc2c2ncnc(Cl)c21. The van der Waals surface area contributed by atoms with Gasteiger partial charge in [0, 0.05) is 12.4 Å². The van der Waals surface area contributed by atoms with Crippen molar-refractivity contribution in [3.63, 3.8) is 0 Å².